The number of nitrogens with zero attached hydrogens (tertiary/aromatic N) is 3. The number of halogens is 1. The molecule has 0 unspecified atom stereocenters. The number of anilines is 1. The number of benzene rings is 1. The van der Waals surface area contributed by atoms with Crippen molar-refractivity contribution in [3.05, 3.63) is 30.1 Å². The fraction of sp³-hybridized carbons (Fsp3) is 0.385. The van der Waals surface area contributed by atoms with Crippen LogP contribution in [0.25, 0.3) is 11.4 Å². The zero-order chi connectivity index (χ0) is 13.2. The van der Waals surface area contributed by atoms with Gasteiger partial charge in [0.1, 0.15) is 5.82 Å². The minimum atomic E-state index is -0.293. The van der Waals surface area contributed by atoms with Gasteiger partial charge in [0, 0.05) is 25.7 Å². The lowest BCUT2D eigenvalue weighted by Crippen LogP contribution is -2.49. The average Bonchev–Trinajstić information content (AvgIpc) is 2.89. The van der Waals surface area contributed by atoms with Gasteiger partial charge in [-0.1, -0.05) is 12.1 Å². The highest BCUT2D eigenvalue weighted by atomic mass is 19.1. The van der Waals surface area contributed by atoms with E-state index in [0.29, 0.717) is 23.4 Å². The molecular formula is C13H16FN5. The maximum Gasteiger partial charge on any atom is 0.245 e. The summed E-state index contributed by atoms with van der Waals surface area (Å²) < 4.78 is 13.7. The summed E-state index contributed by atoms with van der Waals surface area (Å²) in [7, 11) is 0. The molecule has 6 heteroatoms. The van der Waals surface area contributed by atoms with Crippen LogP contribution < -0.4 is 10.2 Å². The molecule has 0 bridgehead atoms. The van der Waals surface area contributed by atoms with Crippen molar-refractivity contribution in [3.63, 3.8) is 0 Å². The van der Waals surface area contributed by atoms with E-state index >= 15 is 0 Å². The predicted octanol–water partition coefficient (Wildman–Crippen LogP) is 1.41. The van der Waals surface area contributed by atoms with Crippen molar-refractivity contribution >= 4 is 5.95 Å². The fourth-order valence-electron chi connectivity index (χ4n) is 2.28. The SMILES string of the molecule is C[C@@H]1CN(c2n[nH]c(-c3ccccc3F)n2)CCN1. The smallest absolute Gasteiger partial charge is 0.245 e. The van der Waals surface area contributed by atoms with Crippen LogP contribution in [0, 0.1) is 5.82 Å². The summed E-state index contributed by atoms with van der Waals surface area (Å²) in [5.74, 6) is 0.810. The first kappa shape index (κ1) is 12.1. The molecule has 0 saturated carbocycles. The Balaban J connectivity index is 1.85. The van der Waals surface area contributed by atoms with E-state index in [9.17, 15) is 4.39 Å². The van der Waals surface area contributed by atoms with E-state index in [0.717, 1.165) is 19.6 Å². The summed E-state index contributed by atoms with van der Waals surface area (Å²) in [6.45, 7) is 4.74. The van der Waals surface area contributed by atoms with Gasteiger partial charge in [-0.3, -0.25) is 5.10 Å². The van der Waals surface area contributed by atoms with Crippen LogP contribution in [0.2, 0.25) is 0 Å². The van der Waals surface area contributed by atoms with Gasteiger partial charge in [-0.25, -0.2) is 4.39 Å². The number of hydrogen-bond donors (Lipinski definition) is 2. The average molecular weight is 261 g/mol. The molecule has 0 aliphatic carbocycles. The van der Waals surface area contributed by atoms with Crippen LogP contribution in [-0.4, -0.2) is 40.9 Å². The van der Waals surface area contributed by atoms with Crippen LogP contribution in [0.3, 0.4) is 0 Å². The minimum Gasteiger partial charge on any atom is -0.337 e. The first-order valence-corrected chi connectivity index (χ1v) is 6.39. The van der Waals surface area contributed by atoms with Gasteiger partial charge in [-0.2, -0.15) is 4.98 Å². The standard InChI is InChI=1S/C13H16FN5/c1-9-8-19(7-6-15-9)13-16-12(17-18-13)10-4-2-3-5-11(10)14/h2-5,9,15H,6-8H2,1H3,(H,16,17,18)/t9-/m1/s1. The van der Waals surface area contributed by atoms with Crippen molar-refractivity contribution in [1.82, 2.24) is 20.5 Å². The third-order valence-electron chi connectivity index (χ3n) is 3.25. The minimum absolute atomic E-state index is 0.293. The normalized spacial score (nSPS) is 19.7. The number of hydrogen-bond acceptors (Lipinski definition) is 4. The third-order valence-corrected chi connectivity index (χ3v) is 3.25. The second kappa shape index (κ2) is 4.97. The zero-order valence-electron chi connectivity index (χ0n) is 10.7. The summed E-state index contributed by atoms with van der Waals surface area (Å²) in [5.41, 5.74) is 0.449. The molecular weight excluding hydrogens is 245 g/mol. The lowest BCUT2D eigenvalue weighted by molar-refractivity contribution is 0.480. The summed E-state index contributed by atoms with van der Waals surface area (Å²) in [6.07, 6.45) is 0. The van der Waals surface area contributed by atoms with Gasteiger partial charge in [0.05, 0.1) is 5.56 Å². The Morgan fingerprint density at radius 1 is 1.37 bits per heavy atom. The Hall–Kier alpha value is -1.95. The maximum absolute atomic E-state index is 13.7. The van der Waals surface area contributed by atoms with Gasteiger partial charge < -0.3 is 10.2 Å². The summed E-state index contributed by atoms with van der Waals surface area (Å²) in [5, 5.41) is 10.4. The second-order valence-electron chi connectivity index (χ2n) is 4.77. The lowest BCUT2D eigenvalue weighted by Gasteiger charge is -2.30. The van der Waals surface area contributed by atoms with E-state index in [2.05, 4.69) is 32.3 Å². The highest BCUT2D eigenvalue weighted by molar-refractivity contribution is 5.57. The summed E-state index contributed by atoms with van der Waals surface area (Å²) >= 11 is 0. The second-order valence-corrected chi connectivity index (χ2v) is 4.77. The molecule has 1 aliphatic heterocycles. The third kappa shape index (κ3) is 2.44. The number of rotatable bonds is 2. The Bertz CT molecular complexity index is 568. The van der Waals surface area contributed by atoms with Gasteiger partial charge in [-0.15, -0.1) is 5.10 Å². The first-order valence-electron chi connectivity index (χ1n) is 6.39. The highest BCUT2D eigenvalue weighted by Gasteiger charge is 2.20. The molecule has 5 nitrogen and oxygen atoms in total. The molecule has 0 radical (unpaired) electrons. The fourth-order valence-corrected chi connectivity index (χ4v) is 2.28. The molecule has 2 heterocycles. The van der Waals surface area contributed by atoms with Gasteiger partial charge in [0.15, 0.2) is 5.82 Å². The molecule has 0 amide bonds. The first-order chi connectivity index (χ1) is 9.24. The van der Waals surface area contributed by atoms with E-state index in [4.69, 9.17) is 0 Å². The molecule has 19 heavy (non-hydrogen) atoms. The molecule has 2 aromatic rings. The van der Waals surface area contributed by atoms with Crippen LogP contribution in [0.4, 0.5) is 10.3 Å². The van der Waals surface area contributed by atoms with E-state index in [1.54, 1.807) is 18.2 Å². The van der Waals surface area contributed by atoms with Crippen molar-refractivity contribution in [1.29, 1.82) is 0 Å². The van der Waals surface area contributed by atoms with Crippen molar-refractivity contribution in [3.8, 4) is 11.4 Å². The largest absolute Gasteiger partial charge is 0.337 e. The van der Waals surface area contributed by atoms with Gasteiger partial charge in [0.25, 0.3) is 0 Å². The molecule has 0 spiro atoms. The molecule has 1 aliphatic rings. The van der Waals surface area contributed by atoms with Crippen molar-refractivity contribution in [2.45, 2.75) is 13.0 Å². The number of piperazine rings is 1. The van der Waals surface area contributed by atoms with E-state index in [-0.39, 0.29) is 5.82 Å². The molecule has 3 rings (SSSR count). The monoisotopic (exact) mass is 261 g/mol. The van der Waals surface area contributed by atoms with Crippen LogP contribution in [0.15, 0.2) is 24.3 Å². The summed E-state index contributed by atoms with van der Waals surface area (Å²) in [6, 6.07) is 6.97. The molecule has 1 aromatic carbocycles. The van der Waals surface area contributed by atoms with Crippen LogP contribution >= 0.6 is 0 Å². The molecule has 100 valence electrons. The van der Waals surface area contributed by atoms with Crippen molar-refractivity contribution in [2.24, 2.45) is 0 Å². The maximum atomic E-state index is 13.7. The number of nitrogens with one attached hydrogen (secondary N) is 2. The Morgan fingerprint density at radius 2 is 2.21 bits per heavy atom. The van der Waals surface area contributed by atoms with Crippen LogP contribution in [-0.2, 0) is 0 Å². The lowest BCUT2D eigenvalue weighted by atomic mass is 10.2. The predicted molar refractivity (Wildman–Crippen MR) is 71.5 cm³/mol. The number of aromatic nitrogens is 3. The Morgan fingerprint density at radius 3 is 3.00 bits per heavy atom. The van der Waals surface area contributed by atoms with Gasteiger partial charge in [-0.05, 0) is 19.1 Å². The van der Waals surface area contributed by atoms with Gasteiger partial charge in [0.2, 0.25) is 5.95 Å². The molecule has 1 atom stereocenters. The van der Waals surface area contributed by atoms with E-state index < -0.39 is 0 Å². The van der Waals surface area contributed by atoms with Crippen molar-refractivity contribution < 1.29 is 4.39 Å². The topological polar surface area (TPSA) is 56.8 Å². The van der Waals surface area contributed by atoms with Gasteiger partial charge >= 0.3 is 0 Å². The van der Waals surface area contributed by atoms with Crippen molar-refractivity contribution in [2.75, 3.05) is 24.5 Å². The Labute approximate surface area is 110 Å². The van der Waals surface area contributed by atoms with E-state index in [1.807, 2.05) is 0 Å². The number of aromatic amines is 1. The Kier molecular flexibility index (Phi) is 3.16. The molecule has 1 saturated heterocycles. The van der Waals surface area contributed by atoms with Crippen LogP contribution in [0.1, 0.15) is 6.92 Å². The number of H-pyrrole nitrogens is 1. The van der Waals surface area contributed by atoms with E-state index in [1.165, 1.54) is 6.07 Å². The zero-order valence-corrected chi connectivity index (χ0v) is 10.7. The molecule has 1 fully saturated rings. The molecule has 1 aromatic heterocycles. The van der Waals surface area contributed by atoms with Crippen LogP contribution in [0.5, 0.6) is 0 Å². The molecule has 2 N–H and O–H groups in total. The highest BCUT2D eigenvalue weighted by Crippen LogP contribution is 2.20. The summed E-state index contributed by atoms with van der Waals surface area (Å²) in [4.78, 5) is 6.49. The quantitative estimate of drug-likeness (QED) is 0.858.